The molecule has 0 heterocycles. The van der Waals surface area contributed by atoms with Crippen molar-refractivity contribution < 1.29 is 14.0 Å². The number of ketones is 2. The van der Waals surface area contributed by atoms with E-state index in [1.807, 2.05) is 44.2 Å². The Labute approximate surface area is 156 Å². The van der Waals surface area contributed by atoms with Crippen LogP contribution in [0.2, 0.25) is 19.6 Å². The van der Waals surface area contributed by atoms with E-state index in [2.05, 4.69) is 19.6 Å². The summed E-state index contributed by atoms with van der Waals surface area (Å²) in [4.78, 5) is 25.9. The van der Waals surface area contributed by atoms with Crippen LogP contribution in [0.1, 0.15) is 51.3 Å². The number of Topliss-reactive ketones (excluding diaryl/α,β-unsaturated/α-hetero) is 1. The minimum Gasteiger partial charge on any atom is -0.405 e. The van der Waals surface area contributed by atoms with Gasteiger partial charge < -0.3 is 4.43 Å². The Hall–Kier alpha value is -2.04. The van der Waals surface area contributed by atoms with Crippen LogP contribution in [0.3, 0.4) is 0 Å². The molecule has 2 aromatic carbocycles. The highest BCUT2D eigenvalue weighted by Crippen LogP contribution is 2.28. The smallest absolute Gasteiger partial charge is 0.193 e. The molecule has 0 atom stereocenters. The molecule has 0 saturated carbocycles. The van der Waals surface area contributed by atoms with Crippen LogP contribution in [0.15, 0.2) is 42.5 Å². The molecular formula is C22H26O3Si. The highest BCUT2D eigenvalue weighted by atomic mass is 28.4. The minimum absolute atomic E-state index is 0.0306. The van der Waals surface area contributed by atoms with Gasteiger partial charge in [-0.1, -0.05) is 36.4 Å². The first-order chi connectivity index (χ1) is 12.1. The molecule has 0 fully saturated rings. The molecule has 1 aliphatic rings. The maximum atomic E-state index is 13.0. The molecule has 0 spiro atoms. The Morgan fingerprint density at radius 3 is 2.27 bits per heavy atom. The first-order valence-corrected chi connectivity index (χ1v) is 12.5. The second-order valence-electron chi connectivity index (χ2n) is 8.41. The highest BCUT2D eigenvalue weighted by Gasteiger charge is 2.35. The molecule has 26 heavy (non-hydrogen) atoms. The molecule has 0 bridgehead atoms. The average Bonchev–Trinajstić information content (AvgIpc) is 2.69. The molecule has 4 heteroatoms. The van der Waals surface area contributed by atoms with E-state index >= 15 is 0 Å². The Balaban J connectivity index is 1.95. The fourth-order valence-electron chi connectivity index (χ4n) is 3.70. The van der Waals surface area contributed by atoms with E-state index in [0.29, 0.717) is 11.1 Å². The van der Waals surface area contributed by atoms with Crippen molar-refractivity contribution in [3.63, 3.8) is 0 Å². The molecule has 0 unspecified atom stereocenters. The van der Waals surface area contributed by atoms with Crippen molar-refractivity contribution in [2.45, 2.75) is 51.9 Å². The van der Waals surface area contributed by atoms with Crippen molar-refractivity contribution >= 4 is 19.9 Å². The maximum absolute atomic E-state index is 13.0. The largest absolute Gasteiger partial charge is 0.405 e. The van der Waals surface area contributed by atoms with Crippen LogP contribution in [0.5, 0.6) is 0 Å². The summed E-state index contributed by atoms with van der Waals surface area (Å²) < 4.78 is 6.10. The van der Waals surface area contributed by atoms with E-state index in [-0.39, 0.29) is 11.6 Å². The summed E-state index contributed by atoms with van der Waals surface area (Å²) in [6.07, 6.45) is 1.57. The van der Waals surface area contributed by atoms with Crippen LogP contribution in [0.4, 0.5) is 0 Å². The van der Waals surface area contributed by atoms with Crippen LogP contribution in [0, 0.1) is 0 Å². The number of carbonyl (C=O) groups is 2. The van der Waals surface area contributed by atoms with Gasteiger partial charge in [0, 0.05) is 16.7 Å². The highest BCUT2D eigenvalue weighted by molar-refractivity contribution is 6.70. The fourth-order valence-corrected chi connectivity index (χ4v) is 5.32. The third-order valence-electron chi connectivity index (χ3n) is 4.65. The van der Waals surface area contributed by atoms with E-state index in [1.165, 1.54) is 0 Å². The number of hydrogen-bond acceptors (Lipinski definition) is 3. The van der Waals surface area contributed by atoms with E-state index in [4.69, 9.17) is 4.43 Å². The topological polar surface area (TPSA) is 43.4 Å². The molecule has 0 N–H and O–H groups in total. The molecule has 0 radical (unpaired) electrons. The van der Waals surface area contributed by atoms with Gasteiger partial charge in [0.1, 0.15) is 5.60 Å². The van der Waals surface area contributed by atoms with E-state index in [9.17, 15) is 9.59 Å². The van der Waals surface area contributed by atoms with Crippen molar-refractivity contribution in [2.75, 3.05) is 0 Å². The monoisotopic (exact) mass is 366 g/mol. The molecule has 0 amide bonds. The van der Waals surface area contributed by atoms with Crippen molar-refractivity contribution in [3.05, 3.63) is 70.3 Å². The summed E-state index contributed by atoms with van der Waals surface area (Å²) in [6.45, 7) is 9.90. The zero-order valence-electron chi connectivity index (χ0n) is 16.2. The van der Waals surface area contributed by atoms with Gasteiger partial charge in [0.05, 0.1) is 0 Å². The summed E-state index contributed by atoms with van der Waals surface area (Å²) in [7, 11) is -1.85. The van der Waals surface area contributed by atoms with Gasteiger partial charge in [-0.3, -0.25) is 9.59 Å². The van der Waals surface area contributed by atoms with Crippen molar-refractivity contribution in [1.29, 1.82) is 0 Å². The van der Waals surface area contributed by atoms with Crippen LogP contribution in [-0.4, -0.2) is 25.5 Å². The van der Waals surface area contributed by atoms with Crippen LogP contribution in [0.25, 0.3) is 0 Å². The zero-order chi connectivity index (χ0) is 19.1. The first-order valence-electron chi connectivity index (χ1n) is 9.09. The number of rotatable bonds is 4. The standard InChI is InChI=1S/C22H26O3Si/c1-22(2,25-26(3,4)5)21(24)17-12-13-19-16(14-17)11-10-15-8-6-7-9-18(15)20(19)23/h6-9,12-14H,10-11H2,1-5H3. The first kappa shape index (κ1) is 18.7. The van der Waals surface area contributed by atoms with Gasteiger partial charge >= 0.3 is 0 Å². The van der Waals surface area contributed by atoms with Crippen LogP contribution >= 0.6 is 0 Å². The minimum atomic E-state index is -1.85. The molecule has 3 rings (SSSR count). The van der Waals surface area contributed by atoms with Crippen molar-refractivity contribution in [3.8, 4) is 0 Å². The summed E-state index contributed by atoms with van der Waals surface area (Å²) in [5.74, 6) is 0.0154. The normalized spacial score (nSPS) is 14.4. The summed E-state index contributed by atoms with van der Waals surface area (Å²) in [6, 6.07) is 13.2. The average molecular weight is 367 g/mol. The van der Waals surface area contributed by atoms with Crippen LogP contribution < -0.4 is 0 Å². The molecule has 2 aromatic rings. The molecule has 0 aliphatic heterocycles. The number of fused-ring (bicyclic) bond motifs is 2. The van der Waals surface area contributed by atoms with Crippen molar-refractivity contribution in [2.24, 2.45) is 0 Å². The second kappa shape index (κ2) is 6.60. The predicted molar refractivity (Wildman–Crippen MR) is 107 cm³/mol. The van der Waals surface area contributed by atoms with Gasteiger partial charge in [0.25, 0.3) is 0 Å². The zero-order valence-corrected chi connectivity index (χ0v) is 17.2. The van der Waals surface area contributed by atoms with Gasteiger partial charge in [-0.2, -0.15) is 0 Å². The summed E-state index contributed by atoms with van der Waals surface area (Å²) >= 11 is 0. The number of aryl methyl sites for hydroxylation is 2. The third-order valence-corrected chi connectivity index (χ3v) is 5.77. The Morgan fingerprint density at radius 1 is 0.962 bits per heavy atom. The molecular weight excluding hydrogens is 340 g/mol. The fraction of sp³-hybridized carbons (Fsp3) is 0.364. The lowest BCUT2D eigenvalue weighted by molar-refractivity contribution is 0.0557. The maximum Gasteiger partial charge on any atom is 0.193 e. The number of hydrogen-bond donors (Lipinski definition) is 0. The Kier molecular flexibility index (Phi) is 4.76. The Morgan fingerprint density at radius 2 is 1.58 bits per heavy atom. The van der Waals surface area contributed by atoms with Crippen LogP contribution in [-0.2, 0) is 17.3 Å². The summed E-state index contributed by atoms with van der Waals surface area (Å²) in [5, 5.41) is 0. The van der Waals surface area contributed by atoms with E-state index in [1.54, 1.807) is 12.1 Å². The molecule has 3 nitrogen and oxygen atoms in total. The lowest BCUT2D eigenvalue weighted by Gasteiger charge is -2.32. The van der Waals surface area contributed by atoms with Gasteiger partial charge in [-0.15, -0.1) is 0 Å². The molecule has 0 saturated heterocycles. The second-order valence-corrected chi connectivity index (χ2v) is 12.8. The predicted octanol–water partition coefficient (Wildman–Crippen LogP) is 4.83. The van der Waals surface area contributed by atoms with E-state index in [0.717, 1.165) is 29.5 Å². The SMILES string of the molecule is CC(C)(O[Si](C)(C)C)C(=O)c1ccc2c(c1)CCc1ccccc1C2=O. The van der Waals surface area contributed by atoms with Crippen molar-refractivity contribution in [1.82, 2.24) is 0 Å². The molecule has 136 valence electrons. The quantitative estimate of drug-likeness (QED) is 0.575. The van der Waals surface area contributed by atoms with Gasteiger partial charge in [0.2, 0.25) is 0 Å². The van der Waals surface area contributed by atoms with Gasteiger partial charge in [-0.05, 0) is 63.5 Å². The summed E-state index contributed by atoms with van der Waals surface area (Å²) in [5.41, 5.74) is 3.25. The van der Waals surface area contributed by atoms with E-state index < -0.39 is 13.9 Å². The third kappa shape index (κ3) is 3.71. The molecule has 0 aromatic heterocycles. The number of benzene rings is 2. The van der Waals surface area contributed by atoms with Gasteiger partial charge in [-0.25, -0.2) is 0 Å². The van der Waals surface area contributed by atoms with Gasteiger partial charge in [0.15, 0.2) is 19.9 Å². The lowest BCUT2D eigenvalue weighted by atomic mass is 9.92. The lowest BCUT2D eigenvalue weighted by Crippen LogP contribution is -2.44. The molecule has 1 aliphatic carbocycles. The Bertz CT molecular complexity index is 875. The number of carbonyl (C=O) groups excluding carboxylic acids is 2.